The molecule has 1 N–H and O–H groups in total. The molecule has 1 saturated heterocycles. The number of halogens is 2. The highest BCUT2D eigenvalue weighted by Gasteiger charge is 2.50. The van der Waals surface area contributed by atoms with Crippen LogP contribution in [0.2, 0.25) is 5.02 Å². The van der Waals surface area contributed by atoms with Crippen molar-refractivity contribution in [1.82, 2.24) is 5.32 Å². The summed E-state index contributed by atoms with van der Waals surface area (Å²) in [6.07, 6.45) is 4.14. The molecular formula is C15H16ClFN2O2S. The molecular weight excluding hydrogens is 327 g/mol. The Hall–Kier alpha value is -1.27. The van der Waals surface area contributed by atoms with Crippen molar-refractivity contribution < 1.29 is 14.0 Å². The number of benzene rings is 1. The Morgan fingerprint density at radius 2 is 2.23 bits per heavy atom. The van der Waals surface area contributed by atoms with Gasteiger partial charge in [0.15, 0.2) is 0 Å². The van der Waals surface area contributed by atoms with Crippen LogP contribution in [0.5, 0.6) is 0 Å². The molecule has 3 rings (SSSR count). The number of nitrogens with zero attached hydrogens (tertiary/aromatic N) is 1. The minimum absolute atomic E-state index is 0.0240. The maximum absolute atomic E-state index is 13.5. The van der Waals surface area contributed by atoms with E-state index in [4.69, 9.17) is 11.6 Å². The Morgan fingerprint density at radius 3 is 2.82 bits per heavy atom. The van der Waals surface area contributed by atoms with Crippen molar-refractivity contribution in [2.24, 2.45) is 0 Å². The van der Waals surface area contributed by atoms with Crippen molar-refractivity contribution in [2.75, 3.05) is 17.7 Å². The number of nitrogens with one attached hydrogen (secondary N) is 1. The Bertz CT molecular complexity index is 636. The summed E-state index contributed by atoms with van der Waals surface area (Å²) >= 11 is 7.19. The molecule has 4 nitrogen and oxygen atoms in total. The molecule has 0 spiro atoms. The number of carbonyl (C=O) groups excluding carboxylic acids is 2. The first-order valence-electron chi connectivity index (χ1n) is 7.09. The number of carbonyl (C=O) groups is 2. The van der Waals surface area contributed by atoms with E-state index in [9.17, 15) is 14.0 Å². The summed E-state index contributed by atoms with van der Waals surface area (Å²) < 4.78 is 13.2. The second-order valence-corrected chi connectivity index (χ2v) is 7.20. The summed E-state index contributed by atoms with van der Waals surface area (Å²) in [4.78, 5) is 26.1. The SMILES string of the molecule is CSC1(C(=O)N[C@@H]2CCN(c3ccc(Cl)c(F)c3)C2=O)CC1. The van der Waals surface area contributed by atoms with Crippen molar-refractivity contribution in [2.45, 2.75) is 30.1 Å². The van der Waals surface area contributed by atoms with Gasteiger partial charge in [-0.15, -0.1) is 11.8 Å². The lowest BCUT2D eigenvalue weighted by Crippen LogP contribution is -2.45. The molecule has 0 unspecified atom stereocenters. The number of hydrogen-bond donors (Lipinski definition) is 1. The second-order valence-electron chi connectivity index (χ2n) is 5.60. The minimum atomic E-state index is -0.557. The standard InChI is InChI=1S/C15H16ClFN2O2S/c1-22-15(5-6-15)14(21)18-12-4-7-19(13(12)20)9-2-3-10(16)11(17)8-9/h2-3,8,12H,4-7H2,1H3,(H,18,21)/t12-/m1/s1. The fraction of sp³-hybridized carbons (Fsp3) is 0.467. The molecule has 2 amide bonds. The van der Waals surface area contributed by atoms with E-state index in [1.54, 1.807) is 6.07 Å². The zero-order valence-corrected chi connectivity index (χ0v) is 13.6. The fourth-order valence-electron chi connectivity index (χ4n) is 2.65. The number of rotatable bonds is 4. The first kappa shape index (κ1) is 15.6. The Balaban J connectivity index is 1.69. The van der Waals surface area contributed by atoms with Crippen molar-refractivity contribution in [3.05, 3.63) is 29.0 Å². The lowest BCUT2D eigenvalue weighted by Gasteiger charge is -2.19. The molecule has 1 aromatic carbocycles. The summed E-state index contributed by atoms with van der Waals surface area (Å²) in [7, 11) is 0. The summed E-state index contributed by atoms with van der Waals surface area (Å²) in [6.45, 7) is 0.455. The molecule has 0 bridgehead atoms. The Morgan fingerprint density at radius 1 is 1.50 bits per heavy atom. The number of anilines is 1. The van der Waals surface area contributed by atoms with Crippen LogP contribution < -0.4 is 10.2 Å². The maximum atomic E-state index is 13.5. The molecule has 0 aromatic heterocycles. The molecule has 1 heterocycles. The van der Waals surface area contributed by atoms with E-state index in [1.807, 2.05) is 6.26 Å². The molecule has 0 radical (unpaired) electrons. The largest absolute Gasteiger partial charge is 0.343 e. The highest BCUT2D eigenvalue weighted by atomic mass is 35.5. The van der Waals surface area contributed by atoms with E-state index in [-0.39, 0.29) is 21.6 Å². The lowest BCUT2D eigenvalue weighted by molar-refractivity contribution is -0.126. The first-order valence-corrected chi connectivity index (χ1v) is 8.70. The zero-order valence-electron chi connectivity index (χ0n) is 12.1. The van der Waals surface area contributed by atoms with Gasteiger partial charge in [-0.1, -0.05) is 11.6 Å². The highest BCUT2D eigenvalue weighted by molar-refractivity contribution is 8.01. The van der Waals surface area contributed by atoms with Crippen LogP contribution in [-0.2, 0) is 9.59 Å². The zero-order chi connectivity index (χ0) is 15.9. The molecule has 118 valence electrons. The van der Waals surface area contributed by atoms with Crippen LogP contribution in [0.4, 0.5) is 10.1 Å². The van der Waals surface area contributed by atoms with Gasteiger partial charge in [0.05, 0.1) is 9.77 Å². The highest BCUT2D eigenvalue weighted by Crippen LogP contribution is 2.47. The third-order valence-corrected chi connectivity index (χ3v) is 5.92. The third-order valence-electron chi connectivity index (χ3n) is 4.23. The van der Waals surface area contributed by atoms with Gasteiger partial charge in [0.25, 0.3) is 0 Å². The van der Waals surface area contributed by atoms with Crippen LogP contribution in [0.3, 0.4) is 0 Å². The molecule has 7 heteroatoms. The van der Waals surface area contributed by atoms with Gasteiger partial charge >= 0.3 is 0 Å². The van der Waals surface area contributed by atoms with E-state index in [2.05, 4.69) is 5.32 Å². The van der Waals surface area contributed by atoms with Crippen LogP contribution in [0, 0.1) is 5.82 Å². The van der Waals surface area contributed by atoms with Crippen molar-refractivity contribution in [3.8, 4) is 0 Å². The molecule has 1 saturated carbocycles. The van der Waals surface area contributed by atoms with Crippen molar-refractivity contribution in [3.63, 3.8) is 0 Å². The van der Waals surface area contributed by atoms with Crippen LogP contribution in [0.25, 0.3) is 0 Å². The summed E-state index contributed by atoms with van der Waals surface area (Å²) in [6, 6.07) is 3.75. The van der Waals surface area contributed by atoms with Crippen LogP contribution in [-0.4, -0.2) is 35.4 Å². The second kappa shape index (κ2) is 5.74. The van der Waals surface area contributed by atoms with Crippen molar-refractivity contribution in [1.29, 1.82) is 0 Å². The predicted octanol–water partition coefficient (Wildman–Crippen LogP) is 2.60. The molecule has 1 aliphatic carbocycles. The van der Waals surface area contributed by atoms with Gasteiger partial charge in [0.1, 0.15) is 11.9 Å². The van der Waals surface area contributed by atoms with Crippen LogP contribution in [0.1, 0.15) is 19.3 Å². The smallest absolute Gasteiger partial charge is 0.249 e. The lowest BCUT2D eigenvalue weighted by atomic mass is 10.2. The van der Waals surface area contributed by atoms with Crippen LogP contribution >= 0.6 is 23.4 Å². The normalized spacial score (nSPS) is 22.8. The predicted molar refractivity (Wildman–Crippen MR) is 85.8 cm³/mol. The van der Waals surface area contributed by atoms with E-state index in [0.29, 0.717) is 18.7 Å². The molecule has 1 aliphatic heterocycles. The summed E-state index contributed by atoms with van der Waals surface area (Å²) in [5.74, 6) is -0.826. The minimum Gasteiger partial charge on any atom is -0.343 e. The first-order chi connectivity index (χ1) is 10.5. The summed E-state index contributed by atoms with van der Waals surface area (Å²) in [5.41, 5.74) is 0.467. The van der Waals surface area contributed by atoms with Gasteiger partial charge < -0.3 is 10.2 Å². The molecule has 2 aliphatic rings. The van der Waals surface area contributed by atoms with Crippen LogP contribution in [0.15, 0.2) is 18.2 Å². The number of hydrogen-bond acceptors (Lipinski definition) is 3. The van der Waals surface area contributed by atoms with Gasteiger partial charge in [0.2, 0.25) is 11.8 Å². The van der Waals surface area contributed by atoms with Crippen molar-refractivity contribution >= 4 is 40.9 Å². The van der Waals surface area contributed by atoms with Gasteiger partial charge in [-0.05, 0) is 43.7 Å². The molecule has 22 heavy (non-hydrogen) atoms. The van der Waals surface area contributed by atoms with Gasteiger partial charge in [0, 0.05) is 12.2 Å². The van der Waals surface area contributed by atoms with E-state index >= 15 is 0 Å². The Kier molecular flexibility index (Phi) is 4.07. The number of thioether (sulfide) groups is 1. The quantitative estimate of drug-likeness (QED) is 0.915. The third kappa shape index (κ3) is 2.70. The fourth-order valence-corrected chi connectivity index (χ4v) is 3.52. The average Bonchev–Trinajstić information content (AvgIpc) is 3.23. The van der Waals surface area contributed by atoms with Gasteiger partial charge in [-0.25, -0.2) is 4.39 Å². The van der Waals surface area contributed by atoms with E-state index in [0.717, 1.165) is 12.8 Å². The monoisotopic (exact) mass is 342 g/mol. The topological polar surface area (TPSA) is 49.4 Å². The van der Waals surface area contributed by atoms with E-state index < -0.39 is 11.9 Å². The molecule has 1 aromatic rings. The Labute approximate surface area is 137 Å². The summed E-state index contributed by atoms with van der Waals surface area (Å²) in [5, 5.41) is 2.86. The molecule has 2 fully saturated rings. The average molecular weight is 343 g/mol. The van der Waals surface area contributed by atoms with Gasteiger partial charge in [-0.3, -0.25) is 9.59 Å². The molecule has 1 atom stereocenters. The van der Waals surface area contributed by atoms with E-state index in [1.165, 1.54) is 28.8 Å². The van der Waals surface area contributed by atoms with Gasteiger partial charge in [-0.2, -0.15) is 0 Å². The number of amides is 2. The maximum Gasteiger partial charge on any atom is 0.249 e.